The lowest BCUT2D eigenvalue weighted by molar-refractivity contribution is 0.493. The third-order valence-corrected chi connectivity index (χ3v) is 3.16. The number of rotatable bonds is 5. The fraction of sp³-hybridized carbons (Fsp3) is 0.500. The Balaban J connectivity index is 2.65. The number of nitrogens with two attached hydrogens (primary N) is 1. The predicted molar refractivity (Wildman–Crippen MR) is 72.7 cm³/mol. The van der Waals surface area contributed by atoms with Crippen molar-refractivity contribution >= 4 is 23.0 Å². The maximum absolute atomic E-state index is 5.51. The molecule has 0 fully saturated rings. The summed E-state index contributed by atoms with van der Waals surface area (Å²) in [6.07, 6.45) is 2.85. The number of thiocarbonyl (C=S) groups is 1. The summed E-state index contributed by atoms with van der Waals surface area (Å²) in [5, 5.41) is 3.36. The van der Waals surface area contributed by atoms with Gasteiger partial charge in [0.25, 0.3) is 0 Å². The molecule has 2 atom stereocenters. The van der Waals surface area contributed by atoms with E-state index in [0.29, 0.717) is 16.9 Å². The first-order valence-electron chi connectivity index (χ1n) is 5.57. The summed E-state index contributed by atoms with van der Waals surface area (Å²) in [5.41, 5.74) is 6.31. The van der Waals surface area contributed by atoms with Gasteiger partial charge in [0.05, 0.1) is 0 Å². The van der Waals surface area contributed by atoms with E-state index in [4.69, 9.17) is 18.0 Å². The van der Waals surface area contributed by atoms with E-state index in [-0.39, 0.29) is 0 Å². The average molecular weight is 237 g/mol. The number of hydrogen-bond acceptors (Lipinski definition) is 3. The molecule has 0 amide bonds. The normalized spacial score (nSPS) is 14.2. The topological polar surface area (TPSA) is 50.9 Å². The van der Waals surface area contributed by atoms with Gasteiger partial charge in [-0.1, -0.05) is 32.5 Å². The van der Waals surface area contributed by atoms with Crippen LogP contribution >= 0.6 is 12.2 Å². The van der Waals surface area contributed by atoms with E-state index in [1.54, 1.807) is 6.20 Å². The van der Waals surface area contributed by atoms with Gasteiger partial charge >= 0.3 is 0 Å². The first-order valence-corrected chi connectivity index (χ1v) is 5.97. The molecule has 0 radical (unpaired) electrons. The van der Waals surface area contributed by atoms with E-state index in [9.17, 15) is 0 Å². The molecule has 3 nitrogen and oxygen atoms in total. The smallest absolute Gasteiger partial charge is 0.126 e. The van der Waals surface area contributed by atoms with E-state index in [0.717, 1.165) is 17.8 Å². The Morgan fingerprint density at radius 1 is 1.50 bits per heavy atom. The van der Waals surface area contributed by atoms with E-state index in [1.165, 1.54) is 0 Å². The second-order valence-corrected chi connectivity index (χ2v) is 4.55. The van der Waals surface area contributed by atoms with Crippen molar-refractivity contribution in [3.05, 3.63) is 23.9 Å². The van der Waals surface area contributed by atoms with Gasteiger partial charge < -0.3 is 11.1 Å². The molecule has 1 aromatic rings. The average Bonchev–Trinajstić information content (AvgIpc) is 2.28. The first-order chi connectivity index (χ1) is 7.54. The molecule has 1 heterocycles. The summed E-state index contributed by atoms with van der Waals surface area (Å²) in [4.78, 5) is 4.66. The molecule has 0 aliphatic carbocycles. The third-order valence-electron chi connectivity index (χ3n) is 2.92. The quantitative estimate of drug-likeness (QED) is 0.773. The van der Waals surface area contributed by atoms with Crippen molar-refractivity contribution in [1.82, 2.24) is 4.98 Å². The number of aromatic nitrogens is 1. The van der Waals surface area contributed by atoms with E-state index in [2.05, 4.69) is 31.1 Å². The Labute approximate surface area is 102 Å². The lowest BCUT2D eigenvalue weighted by atomic mass is 10.0. The molecule has 0 aliphatic heterocycles. The van der Waals surface area contributed by atoms with Crippen LogP contribution in [-0.2, 0) is 0 Å². The van der Waals surface area contributed by atoms with E-state index >= 15 is 0 Å². The molecule has 88 valence electrons. The van der Waals surface area contributed by atoms with Crippen LogP contribution in [0.5, 0.6) is 0 Å². The Morgan fingerprint density at radius 3 is 2.62 bits per heavy atom. The number of nitrogens with one attached hydrogen (secondary N) is 1. The van der Waals surface area contributed by atoms with Crippen molar-refractivity contribution in [2.75, 3.05) is 5.32 Å². The monoisotopic (exact) mass is 237 g/mol. The molecule has 0 bridgehead atoms. The zero-order chi connectivity index (χ0) is 12.1. The van der Waals surface area contributed by atoms with Crippen molar-refractivity contribution in [3.8, 4) is 0 Å². The van der Waals surface area contributed by atoms with Crippen molar-refractivity contribution in [1.29, 1.82) is 0 Å². The lowest BCUT2D eigenvalue weighted by Crippen LogP contribution is -2.23. The molecular weight excluding hydrogens is 218 g/mol. The minimum atomic E-state index is 0.383. The predicted octanol–water partition coefficient (Wildman–Crippen LogP) is 2.56. The molecule has 0 aliphatic rings. The molecular formula is C12H19N3S. The van der Waals surface area contributed by atoms with Gasteiger partial charge in [0, 0.05) is 17.8 Å². The Hall–Kier alpha value is -1.16. The Bertz CT molecular complexity index is 348. The summed E-state index contributed by atoms with van der Waals surface area (Å²) in [6, 6.07) is 4.21. The van der Waals surface area contributed by atoms with Crippen LogP contribution in [0, 0.1) is 5.92 Å². The highest BCUT2D eigenvalue weighted by Crippen LogP contribution is 2.13. The van der Waals surface area contributed by atoms with Gasteiger partial charge in [-0.2, -0.15) is 0 Å². The Morgan fingerprint density at radius 2 is 2.19 bits per heavy atom. The van der Waals surface area contributed by atoms with Crippen LogP contribution in [0.3, 0.4) is 0 Å². The number of nitrogens with zero attached hydrogens (tertiary/aromatic N) is 1. The second-order valence-electron chi connectivity index (χ2n) is 4.11. The largest absolute Gasteiger partial charge is 0.389 e. The molecule has 0 saturated heterocycles. The summed E-state index contributed by atoms with van der Waals surface area (Å²) in [5.74, 6) is 1.49. The molecule has 1 aromatic heterocycles. The first kappa shape index (κ1) is 12.9. The number of pyridine rings is 1. The fourth-order valence-corrected chi connectivity index (χ4v) is 1.47. The third kappa shape index (κ3) is 3.45. The highest BCUT2D eigenvalue weighted by molar-refractivity contribution is 7.80. The van der Waals surface area contributed by atoms with Crippen molar-refractivity contribution in [2.45, 2.75) is 33.2 Å². The van der Waals surface area contributed by atoms with Gasteiger partial charge in [-0.05, 0) is 25.0 Å². The standard InChI is InChI=1S/C12H19N3S/c1-4-8(2)9(3)15-11-6-5-10(7-14-11)12(13)16/h5-9H,4H2,1-3H3,(H2,13,16)(H,14,15). The van der Waals surface area contributed by atoms with Crippen LogP contribution in [-0.4, -0.2) is 16.0 Å². The fourth-order valence-electron chi connectivity index (χ4n) is 1.35. The molecule has 4 heteroatoms. The SMILES string of the molecule is CCC(C)C(C)Nc1ccc(C(N)=S)cn1. The molecule has 0 spiro atoms. The summed E-state index contributed by atoms with van der Waals surface area (Å²) in [7, 11) is 0. The van der Waals surface area contributed by atoms with E-state index in [1.807, 2.05) is 12.1 Å². The molecule has 16 heavy (non-hydrogen) atoms. The zero-order valence-electron chi connectivity index (χ0n) is 10.0. The van der Waals surface area contributed by atoms with E-state index < -0.39 is 0 Å². The van der Waals surface area contributed by atoms with Crippen LogP contribution in [0.2, 0.25) is 0 Å². The maximum Gasteiger partial charge on any atom is 0.126 e. The molecule has 2 unspecified atom stereocenters. The molecule has 0 aromatic carbocycles. The van der Waals surface area contributed by atoms with Gasteiger partial charge in [0.15, 0.2) is 0 Å². The van der Waals surface area contributed by atoms with Crippen LogP contribution in [0.15, 0.2) is 18.3 Å². The number of anilines is 1. The van der Waals surface area contributed by atoms with Crippen molar-refractivity contribution < 1.29 is 0 Å². The van der Waals surface area contributed by atoms with Crippen molar-refractivity contribution in [3.63, 3.8) is 0 Å². The van der Waals surface area contributed by atoms with Gasteiger partial charge in [0.1, 0.15) is 10.8 Å². The molecule has 0 saturated carbocycles. The van der Waals surface area contributed by atoms with Crippen LogP contribution < -0.4 is 11.1 Å². The van der Waals surface area contributed by atoms with Gasteiger partial charge in [0.2, 0.25) is 0 Å². The van der Waals surface area contributed by atoms with Gasteiger partial charge in [-0.3, -0.25) is 0 Å². The highest BCUT2D eigenvalue weighted by atomic mass is 32.1. The minimum absolute atomic E-state index is 0.383. The van der Waals surface area contributed by atoms with Gasteiger partial charge in [-0.15, -0.1) is 0 Å². The van der Waals surface area contributed by atoms with Crippen LogP contribution in [0.1, 0.15) is 32.8 Å². The molecule has 3 N–H and O–H groups in total. The second kappa shape index (κ2) is 5.80. The maximum atomic E-state index is 5.51. The minimum Gasteiger partial charge on any atom is -0.389 e. The van der Waals surface area contributed by atoms with Crippen LogP contribution in [0.4, 0.5) is 5.82 Å². The van der Waals surface area contributed by atoms with Crippen molar-refractivity contribution in [2.24, 2.45) is 11.7 Å². The molecule has 1 rings (SSSR count). The Kier molecular flexibility index (Phi) is 4.68. The summed E-state index contributed by atoms with van der Waals surface area (Å²) < 4.78 is 0. The van der Waals surface area contributed by atoms with Gasteiger partial charge in [-0.25, -0.2) is 4.98 Å². The number of hydrogen-bond donors (Lipinski definition) is 2. The zero-order valence-corrected chi connectivity index (χ0v) is 10.8. The summed E-state index contributed by atoms with van der Waals surface area (Å²) in [6.45, 7) is 6.57. The highest BCUT2D eigenvalue weighted by Gasteiger charge is 2.10. The summed E-state index contributed by atoms with van der Waals surface area (Å²) >= 11 is 4.87. The van der Waals surface area contributed by atoms with Crippen LogP contribution in [0.25, 0.3) is 0 Å². The lowest BCUT2D eigenvalue weighted by Gasteiger charge is -2.20.